The van der Waals surface area contributed by atoms with Crippen LogP contribution >= 0.6 is 0 Å². The van der Waals surface area contributed by atoms with E-state index in [4.69, 9.17) is 4.74 Å². The Morgan fingerprint density at radius 1 is 1.25 bits per heavy atom. The summed E-state index contributed by atoms with van der Waals surface area (Å²) >= 11 is 0. The smallest absolute Gasteiger partial charge is 0.260 e. The third-order valence-electron chi connectivity index (χ3n) is 3.62. The van der Waals surface area contributed by atoms with E-state index in [2.05, 4.69) is 11.8 Å². The normalized spacial score (nSPS) is 16.2. The highest BCUT2D eigenvalue weighted by atomic mass is 16.5. The van der Waals surface area contributed by atoms with Gasteiger partial charge in [0.2, 0.25) is 0 Å². The van der Waals surface area contributed by atoms with Crippen molar-refractivity contribution in [2.45, 2.75) is 20.3 Å². The number of aryl methyl sites for hydroxylation is 1. The molecule has 1 saturated heterocycles. The van der Waals surface area contributed by atoms with Crippen molar-refractivity contribution in [3.63, 3.8) is 0 Å². The van der Waals surface area contributed by atoms with E-state index in [1.54, 1.807) is 0 Å². The monoisotopic (exact) mass is 276 g/mol. The first kappa shape index (κ1) is 14.9. The summed E-state index contributed by atoms with van der Waals surface area (Å²) in [7, 11) is 0. The van der Waals surface area contributed by atoms with Crippen LogP contribution in [0.1, 0.15) is 18.9 Å². The van der Waals surface area contributed by atoms with Crippen molar-refractivity contribution in [2.75, 3.05) is 39.3 Å². The average Bonchev–Trinajstić information content (AvgIpc) is 2.46. The molecule has 4 heteroatoms. The second-order valence-electron chi connectivity index (χ2n) is 5.33. The molecule has 1 aliphatic heterocycles. The number of rotatable bonds is 5. The van der Waals surface area contributed by atoms with E-state index >= 15 is 0 Å². The van der Waals surface area contributed by atoms with Crippen LogP contribution in [0.15, 0.2) is 24.3 Å². The highest BCUT2D eigenvalue weighted by Gasteiger charge is 2.20. The van der Waals surface area contributed by atoms with Crippen molar-refractivity contribution >= 4 is 5.91 Å². The van der Waals surface area contributed by atoms with Crippen molar-refractivity contribution in [3.8, 4) is 5.75 Å². The lowest BCUT2D eigenvalue weighted by atomic mass is 10.2. The number of nitrogens with zero attached hydrogens (tertiary/aromatic N) is 2. The highest BCUT2D eigenvalue weighted by Crippen LogP contribution is 2.12. The molecule has 0 radical (unpaired) electrons. The Hall–Kier alpha value is -1.55. The van der Waals surface area contributed by atoms with E-state index in [1.807, 2.05) is 36.1 Å². The van der Waals surface area contributed by atoms with Gasteiger partial charge in [0, 0.05) is 26.2 Å². The first-order valence-corrected chi connectivity index (χ1v) is 7.38. The predicted octanol–water partition coefficient (Wildman–Crippen LogP) is 1.93. The minimum atomic E-state index is 0.0858. The summed E-state index contributed by atoms with van der Waals surface area (Å²) in [6, 6.07) is 7.80. The number of carbonyl (C=O) groups is 1. The summed E-state index contributed by atoms with van der Waals surface area (Å²) in [5, 5.41) is 0. The number of hydrogen-bond donors (Lipinski definition) is 0. The molecule has 0 aliphatic carbocycles. The van der Waals surface area contributed by atoms with E-state index in [0.29, 0.717) is 0 Å². The molecule has 1 aromatic rings. The maximum absolute atomic E-state index is 12.1. The maximum atomic E-state index is 12.1. The second kappa shape index (κ2) is 7.29. The Balaban J connectivity index is 1.76. The van der Waals surface area contributed by atoms with Crippen molar-refractivity contribution < 1.29 is 9.53 Å². The number of benzene rings is 1. The third kappa shape index (κ3) is 4.23. The molecule has 0 bridgehead atoms. The first-order chi connectivity index (χ1) is 9.69. The molecule has 1 fully saturated rings. The lowest BCUT2D eigenvalue weighted by Gasteiger charge is -2.34. The molecule has 4 nitrogen and oxygen atoms in total. The molecule has 0 N–H and O–H groups in total. The first-order valence-electron chi connectivity index (χ1n) is 7.38. The van der Waals surface area contributed by atoms with Crippen molar-refractivity contribution in [1.29, 1.82) is 0 Å². The zero-order valence-electron chi connectivity index (χ0n) is 12.5. The Bertz CT molecular complexity index is 440. The van der Waals surface area contributed by atoms with Crippen LogP contribution in [-0.4, -0.2) is 55.0 Å². The van der Waals surface area contributed by atoms with Crippen molar-refractivity contribution in [1.82, 2.24) is 9.80 Å². The largest absolute Gasteiger partial charge is 0.484 e. The molecule has 0 saturated carbocycles. The van der Waals surface area contributed by atoms with Crippen molar-refractivity contribution in [2.24, 2.45) is 0 Å². The second-order valence-corrected chi connectivity index (χ2v) is 5.33. The van der Waals surface area contributed by atoms with E-state index in [0.717, 1.165) is 44.0 Å². The highest BCUT2D eigenvalue weighted by molar-refractivity contribution is 5.77. The van der Waals surface area contributed by atoms with Gasteiger partial charge in [-0.3, -0.25) is 9.69 Å². The predicted molar refractivity (Wildman–Crippen MR) is 80.0 cm³/mol. The van der Waals surface area contributed by atoms with E-state index in [1.165, 1.54) is 6.42 Å². The molecule has 2 rings (SSSR count). The van der Waals surface area contributed by atoms with Gasteiger partial charge < -0.3 is 9.64 Å². The maximum Gasteiger partial charge on any atom is 0.260 e. The minimum absolute atomic E-state index is 0.0858. The summed E-state index contributed by atoms with van der Waals surface area (Å²) in [6.45, 7) is 9.05. The van der Waals surface area contributed by atoms with Crippen LogP contribution in [0.2, 0.25) is 0 Å². The Kier molecular flexibility index (Phi) is 5.41. The molecule has 0 spiro atoms. The van der Waals surface area contributed by atoms with Gasteiger partial charge in [-0.1, -0.05) is 19.1 Å². The fourth-order valence-corrected chi connectivity index (χ4v) is 2.48. The van der Waals surface area contributed by atoms with Gasteiger partial charge in [-0.25, -0.2) is 0 Å². The van der Waals surface area contributed by atoms with Gasteiger partial charge in [0.1, 0.15) is 5.75 Å². The Morgan fingerprint density at radius 3 is 2.65 bits per heavy atom. The van der Waals surface area contributed by atoms with Crippen LogP contribution in [0.4, 0.5) is 0 Å². The molecule has 0 unspecified atom stereocenters. The van der Waals surface area contributed by atoms with Gasteiger partial charge >= 0.3 is 0 Å². The topological polar surface area (TPSA) is 32.8 Å². The zero-order valence-corrected chi connectivity index (χ0v) is 12.5. The summed E-state index contributed by atoms with van der Waals surface area (Å²) in [5.41, 5.74) is 1.14. The quantitative estimate of drug-likeness (QED) is 0.824. The molecule has 1 aromatic carbocycles. The lowest BCUT2D eigenvalue weighted by Crippen LogP contribution is -2.50. The molecule has 1 aliphatic rings. The Morgan fingerprint density at radius 2 is 2.00 bits per heavy atom. The van der Waals surface area contributed by atoms with Crippen LogP contribution < -0.4 is 4.74 Å². The van der Waals surface area contributed by atoms with Crippen LogP contribution in [-0.2, 0) is 4.79 Å². The molecule has 110 valence electrons. The number of amides is 1. The van der Waals surface area contributed by atoms with E-state index in [-0.39, 0.29) is 12.5 Å². The third-order valence-corrected chi connectivity index (χ3v) is 3.62. The Labute approximate surface area is 121 Å². The van der Waals surface area contributed by atoms with Gasteiger partial charge in [-0.2, -0.15) is 0 Å². The molecule has 1 heterocycles. The summed E-state index contributed by atoms with van der Waals surface area (Å²) in [6.07, 6.45) is 1.17. The van der Waals surface area contributed by atoms with Gasteiger partial charge in [0.05, 0.1) is 0 Å². The number of piperazine rings is 1. The van der Waals surface area contributed by atoms with Gasteiger partial charge in [0.15, 0.2) is 6.61 Å². The lowest BCUT2D eigenvalue weighted by molar-refractivity contribution is -0.135. The molecular formula is C16H24N2O2. The SMILES string of the molecule is CCCN1CCN(C(=O)COc2cccc(C)c2)CC1. The van der Waals surface area contributed by atoms with Crippen LogP contribution in [0.3, 0.4) is 0 Å². The number of ether oxygens (including phenoxy) is 1. The zero-order chi connectivity index (χ0) is 14.4. The van der Waals surface area contributed by atoms with E-state index in [9.17, 15) is 4.79 Å². The fourth-order valence-electron chi connectivity index (χ4n) is 2.48. The standard InChI is InChI=1S/C16H24N2O2/c1-3-7-17-8-10-18(11-9-17)16(19)13-20-15-6-4-5-14(2)12-15/h4-6,12H,3,7-11,13H2,1-2H3. The average molecular weight is 276 g/mol. The molecule has 20 heavy (non-hydrogen) atoms. The minimum Gasteiger partial charge on any atom is -0.484 e. The molecule has 1 amide bonds. The van der Waals surface area contributed by atoms with E-state index < -0.39 is 0 Å². The van der Waals surface area contributed by atoms with Gasteiger partial charge in [0.25, 0.3) is 5.91 Å². The van der Waals surface area contributed by atoms with Crippen molar-refractivity contribution in [3.05, 3.63) is 29.8 Å². The van der Waals surface area contributed by atoms with Crippen LogP contribution in [0.5, 0.6) is 5.75 Å². The number of carbonyl (C=O) groups excluding carboxylic acids is 1. The molecular weight excluding hydrogens is 252 g/mol. The number of hydrogen-bond acceptors (Lipinski definition) is 3. The van der Waals surface area contributed by atoms with Crippen LogP contribution in [0, 0.1) is 6.92 Å². The molecule has 0 atom stereocenters. The summed E-state index contributed by atoms with van der Waals surface area (Å²) < 4.78 is 5.57. The fraction of sp³-hybridized carbons (Fsp3) is 0.562. The van der Waals surface area contributed by atoms with Crippen LogP contribution in [0.25, 0.3) is 0 Å². The summed E-state index contributed by atoms with van der Waals surface area (Å²) in [4.78, 5) is 16.4. The van der Waals surface area contributed by atoms with Gasteiger partial charge in [-0.05, 0) is 37.6 Å². The summed E-state index contributed by atoms with van der Waals surface area (Å²) in [5.74, 6) is 0.852. The van der Waals surface area contributed by atoms with Gasteiger partial charge in [-0.15, -0.1) is 0 Å². The molecule has 0 aromatic heterocycles.